The lowest BCUT2D eigenvalue weighted by molar-refractivity contribution is -0.126. The maximum atomic E-state index is 12.5. The van der Waals surface area contributed by atoms with Crippen molar-refractivity contribution in [1.82, 2.24) is 5.32 Å². The number of nitrogens with one attached hydrogen (secondary N) is 1. The average Bonchev–Trinajstić information content (AvgIpc) is 3.13. The van der Waals surface area contributed by atoms with E-state index in [2.05, 4.69) is 11.4 Å². The largest absolute Gasteiger partial charge is 0.387 e. The van der Waals surface area contributed by atoms with Crippen molar-refractivity contribution < 1.29 is 9.90 Å². The highest BCUT2D eigenvalue weighted by Gasteiger charge is 2.84. The maximum absolute atomic E-state index is 12.5. The molecule has 5 saturated carbocycles. The van der Waals surface area contributed by atoms with Crippen LogP contribution in [0, 0.1) is 58.7 Å². The fourth-order valence-electron chi connectivity index (χ4n) is 8.15. The zero-order chi connectivity index (χ0) is 16.9. The fourth-order valence-corrected chi connectivity index (χ4v) is 8.15. The molecule has 0 radical (unpaired) electrons. The van der Waals surface area contributed by atoms with Crippen LogP contribution in [0.4, 0.5) is 0 Å². The molecular formula is C21H22N2O2. The summed E-state index contributed by atoms with van der Waals surface area (Å²) in [4.78, 5) is 12.5. The van der Waals surface area contributed by atoms with E-state index in [1.807, 2.05) is 12.1 Å². The van der Waals surface area contributed by atoms with Crippen LogP contribution in [-0.4, -0.2) is 23.2 Å². The molecular weight excluding hydrogens is 312 g/mol. The summed E-state index contributed by atoms with van der Waals surface area (Å²) in [5.74, 6) is 5.50. The highest BCUT2D eigenvalue weighted by molar-refractivity contribution is 5.94. The molecule has 0 spiro atoms. The lowest BCUT2D eigenvalue weighted by atomic mass is 9.56. The number of fused-ring (bicyclic) bond motifs is 2. The first-order valence-corrected chi connectivity index (χ1v) is 9.60. The molecule has 2 N–H and O–H groups in total. The molecule has 9 unspecified atom stereocenters. The van der Waals surface area contributed by atoms with E-state index >= 15 is 0 Å². The normalized spacial score (nSPS) is 49.3. The second kappa shape index (κ2) is 4.45. The van der Waals surface area contributed by atoms with Crippen molar-refractivity contribution in [3.05, 3.63) is 35.4 Å². The lowest BCUT2D eigenvalue weighted by Crippen LogP contribution is -2.59. The van der Waals surface area contributed by atoms with E-state index in [1.54, 1.807) is 12.1 Å². The second-order valence-electron chi connectivity index (χ2n) is 9.04. The predicted octanol–water partition coefficient (Wildman–Crippen LogP) is 1.99. The van der Waals surface area contributed by atoms with Crippen molar-refractivity contribution >= 4 is 5.91 Å². The van der Waals surface area contributed by atoms with E-state index in [9.17, 15) is 9.90 Å². The predicted molar refractivity (Wildman–Crippen MR) is 90.2 cm³/mol. The highest BCUT2D eigenvalue weighted by atomic mass is 16.3. The summed E-state index contributed by atoms with van der Waals surface area (Å²) in [5.41, 5.74) is 0.857. The molecule has 1 amide bonds. The van der Waals surface area contributed by atoms with Crippen LogP contribution < -0.4 is 5.32 Å². The Morgan fingerprint density at radius 1 is 1.12 bits per heavy atom. The number of amides is 1. The smallest absolute Gasteiger partial charge is 0.251 e. The van der Waals surface area contributed by atoms with Crippen LogP contribution >= 0.6 is 0 Å². The fraction of sp³-hybridized carbons (Fsp3) is 0.619. The van der Waals surface area contributed by atoms with E-state index in [0.717, 1.165) is 41.1 Å². The van der Waals surface area contributed by atoms with Gasteiger partial charge in [0.25, 0.3) is 5.91 Å². The zero-order valence-corrected chi connectivity index (χ0v) is 14.1. The standard InChI is InChI=1S/C21H22N2O2/c22-6-5-10-1-3-11(4-2-10)20(24)23-9-21(25)18-13-8-14-16-12(13)7-15(18)17(16)19(14)21/h1-4,12-19,25H,5,7-9H2,(H,23,24). The monoisotopic (exact) mass is 334 g/mol. The van der Waals surface area contributed by atoms with Crippen LogP contribution in [0.5, 0.6) is 0 Å². The molecule has 5 fully saturated rings. The third kappa shape index (κ3) is 1.51. The van der Waals surface area contributed by atoms with Gasteiger partial charge in [-0.2, -0.15) is 5.26 Å². The average molecular weight is 334 g/mol. The van der Waals surface area contributed by atoms with Crippen molar-refractivity contribution in [2.24, 2.45) is 47.3 Å². The molecule has 1 aromatic rings. The molecule has 9 atom stereocenters. The molecule has 0 aromatic heterocycles. The van der Waals surface area contributed by atoms with Crippen LogP contribution in [-0.2, 0) is 6.42 Å². The van der Waals surface area contributed by atoms with Gasteiger partial charge in [0, 0.05) is 12.1 Å². The quantitative estimate of drug-likeness (QED) is 0.884. The third-order valence-electron chi connectivity index (χ3n) is 8.55. The van der Waals surface area contributed by atoms with E-state index in [4.69, 9.17) is 5.26 Å². The Morgan fingerprint density at radius 2 is 1.84 bits per heavy atom. The van der Waals surface area contributed by atoms with Crippen molar-refractivity contribution in [3.63, 3.8) is 0 Å². The van der Waals surface area contributed by atoms with Gasteiger partial charge in [0.1, 0.15) is 0 Å². The molecule has 0 saturated heterocycles. The summed E-state index contributed by atoms with van der Waals surface area (Å²) in [6.45, 7) is 0.403. The van der Waals surface area contributed by atoms with Gasteiger partial charge in [-0.25, -0.2) is 0 Å². The summed E-state index contributed by atoms with van der Waals surface area (Å²) in [7, 11) is 0. The molecule has 5 aliphatic rings. The molecule has 4 nitrogen and oxygen atoms in total. The van der Waals surface area contributed by atoms with Gasteiger partial charge in [0.05, 0.1) is 18.1 Å². The van der Waals surface area contributed by atoms with Gasteiger partial charge in [0.2, 0.25) is 0 Å². The molecule has 4 heteroatoms. The number of rotatable bonds is 4. The third-order valence-corrected chi connectivity index (χ3v) is 8.55. The molecule has 2 bridgehead atoms. The van der Waals surface area contributed by atoms with Gasteiger partial charge in [-0.15, -0.1) is 0 Å². The van der Waals surface area contributed by atoms with E-state index in [0.29, 0.717) is 30.4 Å². The summed E-state index contributed by atoms with van der Waals surface area (Å²) in [5, 5.41) is 23.3. The summed E-state index contributed by atoms with van der Waals surface area (Å²) in [6, 6.07) is 9.31. The molecule has 1 aromatic carbocycles. The maximum Gasteiger partial charge on any atom is 0.251 e. The number of nitriles is 1. The van der Waals surface area contributed by atoms with Crippen molar-refractivity contribution in [2.75, 3.05) is 6.54 Å². The van der Waals surface area contributed by atoms with Crippen LogP contribution in [0.3, 0.4) is 0 Å². The van der Waals surface area contributed by atoms with Gasteiger partial charge in [-0.05, 0) is 77.9 Å². The Hall–Kier alpha value is -1.86. The number of aliphatic hydroxyl groups is 1. The molecule has 5 aliphatic carbocycles. The first-order chi connectivity index (χ1) is 12.1. The number of carbonyl (C=O) groups is 1. The number of hydrogen-bond acceptors (Lipinski definition) is 3. The van der Waals surface area contributed by atoms with Gasteiger partial charge < -0.3 is 10.4 Å². The Kier molecular flexibility index (Phi) is 2.55. The summed E-state index contributed by atoms with van der Waals surface area (Å²) < 4.78 is 0. The molecule has 0 heterocycles. The second-order valence-corrected chi connectivity index (χ2v) is 9.04. The van der Waals surface area contributed by atoms with Crippen molar-refractivity contribution in [2.45, 2.75) is 24.9 Å². The summed E-state index contributed by atoms with van der Waals surface area (Å²) >= 11 is 0. The minimum Gasteiger partial charge on any atom is -0.387 e. The van der Waals surface area contributed by atoms with Crippen molar-refractivity contribution in [1.29, 1.82) is 5.26 Å². The zero-order valence-electron chi connectivity index (χ0n) is 14.1. The Balaban J connectivity index is 1.19. The lowest BCUT2D eigenvalue weighted by Gasteiger charge is -2.51. The summed E-state index contributed by atoms with van der Waals surface area (Å²) in [6.07, 6.45) is 3.04. The van der Waals surface area contributed by atoms with E-state index in [1.165, 1.54) is 12.8 Å². The number of benzene rings is 1. The Morgan fingerprint density at radius 3 is 2.60 bits per heavy atom. The van der Waals surface area contributed by atoms with E-state index < -0.39 is 5.60 Å². The van der Waals surface area contributed by atoms with Gasteiger partial charge in [-0.1, -0.05) is 12.1 Å². The Bertz CT molecular complexity index is 806. The minimum atomic E-state index is -0.666. The van der Waals surface area contributed by atoms with Gasteiger partial charge >= 0.3 is 0 Å². The molecule has 0 aliphatic heterocycles. The number of nitrogens with zero attached hydrogens (tertiary/aromatic N) is 1. The van der Waals surface area contributed by atoms with E-state index in [-0.39, 0.29) is 5.91 Å². The topological polar surface area (TPSA) is 73.1 Å². The molecule has 128 valence electrons. The first-order valence-electron chi connectivity index (χ1n) is 9.60. The first kappa shape index (κ1) is 14.3. The minimum absolute atomic E-state index is 0.115. The molecule has 25 heavy (non-hydrogen) atoms. The highest BCUT2D eigenvalue weighted by Crippen LogP contribution is 2.85. The van der Waals surface area contributed by atoms with Gasteiger partial charge in [-0.3, -0.25) is 4.79 Å². The van der Waals surface area contributed by atoms with Crippen LogP contribution in [0.15, 0.2) is 24.3 Å². The van der Waals surface area contributed by atoms with Crippen LogP contribution in [0.25, 0.3) is 0 Å². The van der Waals surface area contributed by atoms with Crippen LogP contribution in [0.2, 0.25) is 0 Å². The number of hydrogen-bond donors (Lipinski definition) is 2. The SMILES string of the molecule is N#CCc1ccc(C(=O)NCC2(O)C3C4CC5C6C4CC3C6C52)cc1. The molecule has 6 rings (SSSR count). The number of carbonyl (C=O) groups excluding carboxylic acids is 1. The van der Waals surface area contributed by atoms with Crippen molar-refractivity contribution in [3.8, 4) is 6.07 Å². The Labute approximate surface area is 147 Å². The van der Waals surface area contributed by atoms with Crippen LogP contribution in [0.1, 0.15) is 28.8 Å². The van der Waals surface area contributed by atoms with Gasteiger partial charge in [0.15, 0.2) is 0 Å².